The van der Waals surface area contributed by atoms with Crippen LogP contribution in [-0.4, -0.2) is 19.5 Å². The van der Waals surface area contributed by atoms with Crippen molar-refractivity contribution in [1.82, 2.24) is 19.5 Å². The predicted octanol–water partition coefficient (Wildman–Crippen LogP) is 12.0. The van der Waals surface area contributed by atoms with Crippen LogP contribution in [0.2, 0.25) is 0 Å². The van der Waals surface area contributed by atoms with E-state index in [1.807, 2.05) is 103 Å². The van der Waals surface area contributed by atoms with E-state index in [1.54, 1.807) is 0 Å². The number of nitriles is 1. The van der Waals surface area contributed by atoms with E-state index in [0.29, 0.717) is 28.5 Å². The monoisotopic (exact) mass is 799 g/mol. The predicted molar refractivity (Wildman–Crippen MR) is 251 cm³/mol. The number of benzene rings is 5. The molecule has 0 saturated carbocycles. The summed E-state index contributed by atoms with van der Waals surface area (Å²) in [6, 6.07) is 53.9. The molecule has 0 bridgehead atoms. The molecular formula is C56H41N5O. The van der Waals surface area contributed by atoms with E-state index in [-0.39, 0.29) is 5.41 Å². The van der Waals surface area contributed by atoms with Gasteiger partial charge in [-0.3, -0.25) is 0 Å². The average molecular weight is 800 g/mol. The van der Waals surface area contributed by atoms with Crippen LogP contribution < -0.4 is 10.6 Å². The third-order valence-electron chi connectivity index (χ3n) is 11.7. The minimum atomic E-state index is 0.00872. The zero-order valence-corrected chi connectivity index (χ0v) is 34.8. The summed E-state index contributed by atoms with van der Waals surface area (Å²) in [6.45, 7) is 11.0. The fourth-order valence-corrected chi connectivity index (χ4v) is 8.59. The molecule has 6 nitrogen and oxygen atoms in total. The van der Waals surface area contributed by atoms with Crippen LogP contribution >= 0.6 is 0 Å². The Labute approximate surface area is 360 Å². The van der Waals surface area contributed by atoms with Crippen LogP contribution in [0.15, 0.2) is 150 Å². The highest BCUT2D eigenvalue weighted by atomic mass is 16.3. The Hall–Kier alpha value is -8.06. The van der Waals surface area contributed by atoms with Crippen LogP contribution in [0.25, 0.3) is 97.4 Å². The second-order valence-electron chi connectivity index (χ2n) is 16.6. The first-order chi connectivity index (χ1) is 30.2. The van der Waals surface area contributed by atoms with Crippen LogP contribution in [-0.2, 0) is 6.42 Å². The van der Waals surface area contributed by atoms with Crippen molar-refractivity contribution in [3.05, 3.63) is 191 Å². The van der Waals surface area contributed by atoms with Crippen LogP contribution in [0.3, 0.4) is 0 Å². The maximum Gasteiger partial charge on any atom is 0.164 e. The van der Waals surface area contributed by atoms with Gasteiger partial charge in [-0.15, -0.1) is 0 Å². The van der Waals surface area contributed by atoms with Crippen molar-refractivity contribution in [2.75, 3.05) is 0 Å². The van der Waals surface area contributed by atoms with Gasteiger partial charge in [0.15, 0.2) is 17.5 Å². The highest BCUT2D eigenvalue weighted by Crippen LogP contribution is 2.46. The van der Waals surface area contributed by atoms with Crippen molar-refractivity contribution >= 4 is 46.7 Å². The maximum absolute atomic E-state index is 10.1. The first-order valence-electron chi connectivity index (χ1n) is 20.8. The second kappa shape index (κ2) is 15.5. The molecule has 0 spiro atoms. The van der Waals surface area contributed by atoms with E-state index < -0.39 is 0 Å². The lowest BCUT2D eigenvalue weighted by atomic mass is 9.79. The van der Waals surface area contributed by atoms with Gasteiger partial charge in [0.25, 0.3) is 0 Å². The number of aromatic nitrogens is 4. The molecule has 0 atom stereocenters. The molecule has 0 radical (unpaired) electrons. The Kier molecular flexibility index (Phi) is 9.55. The number of nitrogens with zero attached hydrogens (tertiary/aromatic N) is 5. The zero-order chi connectivity index (χ0) is 42.4. The third-order valence-corrected chi connectivity index (χ3v) is 11.7. The lowest BCUT2D eigenvalue weighted by molar-refractivity contribution is 0.483. The fourth-order valence-electron chi connectivity index (χ4n) is 8.59. The van der Waals surface area contributed by atoms with E-state index in [1.165, 1.54) is 16.8 Å². The first kappa shape index (κ1) is 38.2. The molecule has 0 saturated heterocycles. The topological polar surface area (TPSA) is 80.5 Å². The number of hydrogen-bond donors (Lipinski definition) is 0. The lowest BCUT2D eigenvalue weighted by Crippen LogP contribution is -2.17. The highest BCUT2D eigenvalue weighted by Gasteiger charge is 2.29. The van der Waals surface area contributed by atoms with Gasteiger partial charge >= 0.3 is 0 Å². The molecule has 0 unspecified atom stereocenters. The molecule has 296 valence electrons. The van der Waals surface area contributed by atoms with Crippen LogP contribution in [0.5, 0.6) is 0 Å². The maximum atomic E-state index is 10.1. The fraction of sp³-hybridized carbons (Fsp3) is 0.107. The smallest absolute Gasteiger partial charge is 0.164 e. The standard InChI is InChI=1S/C56H41N5O/c1-36-43(44-23-14-15-25-51(44)62-36)24-16-26-52-58-54(40-21-12-7-13-22-40)60-55(59-52)41-32-45(38-17-8-5-9-18-38)53(46(33-41)39-19-10-6-11-20-39)61-49-29-27-37(35-57)31-47(49)48-34-42(56(2,3)4)28-30-50(48)61/h5-10,12-19,21-27,29,31-34H,1,28,30H2,2-4H3/b26-16+,43-24+. The Balaban J connectivity index is 1.25. The van der Waals surface area contributed by atoms with Gasteiger partial charge in [0, 0.05) is 55.1 Å². The molecule has 0 N–H and O–H groups in total. The number of rotatable bonds is 7. The number of furan rings is 1. The molecular weight excluding hydrogens is 759 g/mol. The summed E-state index contributed by atoms with van der Waals surface area (Å²) in [5.41, 5.74) is 13.5. The molecule has 3 heterocycles. The lowest BCUT2D eigenvalue weighted by Gasteiger charge is -2.28. The summed E-state index contributed by atoms with van der Waals surface area (Å²) < 4.78 is 8.35. The molecule has 10 rings (SSSR count). The van der Waals surface area contributed by atoms with Crippen LogP contribution in [0.4, 0.5) is 0 Å². The normalized spacial score (nSPS) is 13.0. The Bertz CT molecular complexity index is 3340. The van der Waals surface area contributed by atoms with Crippen molar-refractivity contribution in [1.29, 1.82) is 5.26 Å². The van der Waals surface area contributed by atoms with Crippen molar-refractivity contribution in [3.8, 4) is 56.8 Å². The van der Waals surface area contributed by atoms with Crippen molar-refractivity contribution in [2.45, 2.75) is 33.6 Å². The Morgan fingerprint density at radius 3 is 2.23 bits per heavy atom. The first-order valence-corrected chi connectivity index (χ1v) is 20.8. The van der Waals surface area contributed by atoms with E-state index in [9.17, 15) is 5.26 Å². The SMILES string of the molecule is C=c1oc2ccccc2/c1=C/C=C/c1nc(-c2ccccc2)nc(-c2cc(-c3c#cccc3)c(-n3c4c(c5cc(C#N)ccc53)C=C(C(C)(C)C)CC4)c(-c3ccccc3)c2)n1. The van der Waals surface area contributed by atoms with Gasteiger partial charge in [-0.25, -0.2) is 15.0 Å². The van der Waals surface area contributed by atoms with Crippen LogP contribution in [0.1, 0.15) is 49.8 Å². The van der Waals surface area contributed by atoms with Gasteiger partial charge in [0.05, 0.1) is 22.8 Å². The van der Waals surface area contributed by atoms with Crippen molar-refractivity contribution in [3.63, 3.8) is 0 Å². The van der Waals surface area contributed by atoms with E-state index >= 15 is 0 Å². The van der Waals surface area contributed by atoms with Gasteiger partial charge in [0.2, 0.25) is 0 Å². The molecule has 3 aromatic heterocycles. The molecule has 1 aliphatic carbocycles. The van der Waals surface area contributed by atoms with Gasteiger partial charge in [-0.1, -0.05) is 148 Å². The largest absolute Gasteiger partial charge is 0.457 e. The Morgan fingerprint density at radius 1 is 0.758 bits per heavy atom. The average Bonchev–Trinajstić information content (AvgIpc) is 3.81. The Morgan fingerprint density at radius 2 is 1.48 bits per heavy atom. The second-order valence-corrected chi connectivity index (χ2v) is 16.6. The van der Waals surface area contributed by atoms with Crippen LogP contribution in [0, 0.1) is 28.9 Å². The van der Waals surface area contributed by atoms with Crippen molar-refractivity contribution in [2.24, 2.45) is 5.41 Å². The summed E-state index contributed by atoms with van der Waals surface area (Å²) in [4.78, 5) is 15.3. The molecule has 0 aliphatic heterocycles. The van der Waals surface area contributed by atoms with Gasteiger partial charge in [0.1, 0.15) is 11.0 Å². The molecule has 9 aromatic rings. The zero-order valence-electron chi connectivity index (χ0n) is 34.8. The summed E-state index contributed by atoms with van der Waals surface area (Å²) in [6.07, 6.45) is 9.98. The summed E-state index contributed by atoms with van der Waals surface area (Å²) in [5.74, 6) is 1.61. The minimum Gasteiger partial charge on any atom is -0.457 e. The number of allylic oxidation sites excluding steroid dienone is 2. The summed E-state index contributed by atoms with van der Waals surface area (Å²) >= 11 is 0. The minimum absolute atomic E-state index is 0.00872. The van der Waals surface area contributed by atoms with Crippen molar-refractivity contribution < 1.29 is 4.42 Å². The van der Waals surface area contributed by atoms with Gasteiger partial charge in [-0.05, 0) is 78.4 Å². The number of fused-ring (bicyclic) bond motifs is 4. The molecule has 6 heteroatoms. The molecule has 6 aromatic carbocycles. The summed E-state index contributed by atoms with van der Waals surface area (Å²) in [7, 11) is 0. The number of para-hydroxylation sites is 1. The van der Waals surface area contributed by atoms with E-state index in [4.69, 9.17) is 19.4 Å². The van der Waals surface area contributed by atoms with Gasteiger partial charge in [-0.2, -0.15) is 5.26 Å². The van der Waals surface area contributed by atoms with Gasteiger partial charge < -0.3 is 8.98 Å². The molecule has 0 fully saturated rings. The van der Waals surface area contributed by atoms with E-state index in [2.05, 4.69) is 105 Å². The quantitative estimate of drug-likeness (QED) is 0.160. The summed E-state index contributed by atoms with van der Waals surface area (Å²) in [5, 5.41) is 13.0. The molecule has 1 aliphatic rings. The molecule has 0 amide bonds. The third kappa shape index (κ3) is 6.98. The number of hydrogen-bond acceptors (Lipinski definition) is 5. The highest BCUT2D eigenvalue weighted by molar-refractivity contribution is 5.99. The van der Waals surface area contributed by atoms with E-state index in [0.717, 1.165) is 79.0 Å². The molecule has 62 heavy (non-hydrogen) atoms.